The minimum atomic E-state index is 0.108. The van der Waals surface area contributed by atoms with Crippen molar-refractivity contribution in [2.75, 3.05) is 33.2 Å². The van der Waals surface area contributed by atoms with Crippen LogP contribution in [0, 0.1) is 0 Å². The van der Waals surface area contributed by atoms with E-state index in [1.54, 1.807) is 18.4 Å². The van der Waals surface area contributed by atoms with E-state index >= 15 is 0 Å². The van der Waals surface area contributed by atoms with E-state index in [1.807, 2.05) is 40.3 Å². The number of carbonyl (C=O) groups is 1. The number of carbonyl (C=O) groups excluding carboxylic acids is 1. The maximum absolute atomic E-state index is 12.6. The first-order valence-electron chi connectivity index (χ1n) is 9.50. The highest BCUT2D eigenvalue weighted by molar-refractivity contribution is 7.11. The van der Waals surface area contributed by atoms with Crippen LogP contribution in [0.2, 0.25) is 5.02 Å². The summed E-state index contributed by atoms with van der Waals surface area (Å²) in [5, 5.41) is 5.20. The molecule has 28 heavy (non-hydrogen) atoms. The van der Waals surface area contributed by atoms with Crippen LogP contribution in [0.15, 0.2) is 35.5 Å². The monoisotopic (exact) mass is 419 g/mol. The van der Waals surface area contributed by atoms with Crippen LogP contribution in [0.25, 0.3) is 0 Å². The van der Waals surface area contributed by atoms with Crippen molar-refractivity contribution in [2.24, 2.45) is 4.99 Å². The Balaban J connectivity index is 1.48. The normalized spacial score (nSPS) is 15.2. The summed E-state index contributed by atoms with van der Waals surface area (Å²) in [6, 6.07) is 7.64. The molecule has 2 heterocycles. The standard InChI is InChI=1S/C20H26ClN5OS/c1-3-17-12-24-18(28-17)8-9-23-20(22-2)26-11-10-25(19(27)14-26)13-15-4-6-16(21)7-5-15/h4-7,12H,3,8-11,13-14H2,1-2H3,(H,22,23). The number of hydrogen-bond donors (Lipinski definition) is 1. The summed E-state index contributed by atoms with van der Waals surface area (Å²) in [4.78, 5) is 26.6. The Labute approximate surface area is 175 Å². The topological polar surface area (TPSA) is 60.8 Å². The van der Waals surface area contributed by atoms with Gasteiger partial charge in [0.1, 0.15) is 0 Å². The molecule has 0 atom stereocenters. The van der Waals surface area contributed by atoms with Crippen molar-refractivity contribution in [3.63, 3.8) is 0 Å². The zero-order chi connectivity index (χ0) is 19.9. The molecule has 1 amide bonds. The van der Waals surface area contributed by atoms with Gasteiger partial charge in [0.15, 0.2) is 5.96 Å². The number of rotatable bonds is 6. The van der Waals surface area contributed by atoms with E-state index in [-0.39, 0.29) is 5.91 Å². The molecule has 1 fully saturated rings. The highest BCUT2D eigenvalue weighted by Gasteiger charge is 2.25. The number of halogens is 1. The van der Waals surface area contributed by atoms with Gasteiger partial charge in [0.05, 0.1) is 11.6 Å². The first-order valence-corrected chi connectivity index (χ1v) is 10.7. The van der Waals surface area contributed by atoms with Crippen LogP contribution in [-0.4, -0.2) is 59.9 Å². The van der Waals surface area contributed by atoms with Gasteiger partial charge in [-0.2, -0.15) is 0 Å². The number of piperazine rings is 1. The van der Waals surface area contributed by atoms with Gasteiger partial charge in [0.2, 0.25) is 5.91 Å². The number of guanidine groups is 1. The van der Waals surface area contributed by atoms with Gasteiger partial charge in [0, 0.05) is 55.7 Å². The molecule has 8 heteroatoms. The summed E-state index contributed by atoms with van der Waals surface area (Å²) in [5.74, 6) is 0.878. The van der Waals surface area contributed by atoms with Crippen LogP contribution in [0.4, 0.5) is 0 Å². The van der Waals surface area contributed by atoms with Crippen LogP contribution in [0.1, 0.15) is 22.4 Å². The van der Waals surface area contributed by atoms with Crippen LogP contribution < -0.4 is 5.32 Å². The van der Waals surface area contributed by atoms with E-state index in [2.05, 4.69) is 22.2 Å². The molecule has 1 aromatic heterocycles. The first kappa shape index (κ1) is 20.6. The van der Waals surface area contributed by atoms with Crippen LogP contribution in [0.5, 0.6) is 0 Å². The molecular weight excluding hydrogens is 394 g/mol. The van der Waals surface area contributed by atoms with Gasteiger partial charge < -0.3 is 15.1 Å². The quantitative estimate of drug-likeness (QED) is 0.577. The molecule has 1 aromatic carbocycles. The lowest BCUT2D eigenvalue weighted by Gasteiger charge is -2.36. The van der Waals surface area contributed by atoms with Gasteiger partial charge in [-0.25, -0.2) is 4.98 Å². The Hall–Kier alpha value is -2.12. The molecule has 1 N–H and O–H groups in total. The van der Waals surface area contributed by atoms with E-state index in [0.29, 0.717) is 24.7 Å². The third-order valence-electron chi connectivity index (χ3n) is 4.69. The fourth-order valence-corrected chi connectivity index (χ4v) is 4.10. The summed E-state index contributed by atoms with van der Waals surface area (Å²) in [7, 11) is 1.76. The number of nitrogens with zero attached hydrogens (tertiary/aromatic N) is 4. The lowest BCUT2D eigenvalue weighted by molar-refractivity contribution is -0.135. The van der Waals surface area contributed by atoms with Crippen molar-refractivity contribution >= 4 is 34.8 Å². The number of hydrogen-bond acceptors (Lipinski definition) is 4. The Kier molecular flexibility index (Phi) is 7.28. The Bertz CT molecular complexity index is 820. The number of aromatic nitrogens is 1. The van der Waals surface area contributed by atoms with Crippen molar-refractivity contribution < 1.29 is 4.79 Å². The van der Waals surface area contributed by atoms with Crippen molar-refractivity contribution in [3.05, 3.63) is 50.9 Å². The van der Waals surface area contributed by atoms with Crippen molar-refractivity contribution in [1.82, 2.24) is 20.1 Å². The molecule has 0 aliphatic carbocycles. The van der Waals surface area contributed by atoms with Crippen molar-refractivity contribution in [2.45, 2.75) is 26.3 Å². The first-order chi connectivity index (χ1) is 13.6. The molecule has 6 nitrogen and oxygen atoms in total. The van der Waals surface area contributed by atoms with Gasteiger partial charge in [-0.3, -0.25) is 9.79 Å². The molecule has 150 valence electrons. The molecule has 0 spiro atoms. The summed E-state index contributed by atoms with van der Waals surface area (Å²) >= 11 is 7.69. The van der Waals surface area contributed by atoms with Crippen LogP contribution in [-0.2, 0) is 24.2 Å². The smallest absolute Gasteiger partial charge is 0.242 e. The number of benzene rings is 1. The van der Waals surface area contributed by atoms with Gasteiger partial charge in [0.25, 0.3) is 0 Å². The molecule has 3 rings (SSSR count). The number of nitrogens with one attached hydrogen (secondary N) is 1. The number of amides is 1. The lowest BCUT2D eigenvalue weighted by Crippen LogP contribution is -2.55. The highest BCUT2D eigenvalue weighted by atomic mass is 35.5. The fraction of sp³-hybridized carbons (Fsp3) is 0.450. The minimum absolute atomic E-state index is 0.108. The third kappa shape index (κ3) is 5.45. The van der Waals surface area contributed by atoms with Crippen molar-refractivity contribution in [1.29, 1.82) is 0 Å². The maximum Gasteiger partial charge on any atom is 0.242 e. The fourth-order valence-electron chi connectivity index (χ4n) is 3.11. The molecule has 1 aliphatic rings. The molecule has 0 saturated carbocycles. The summed E-state index contributed by atoms with van der Waals surface area (Å²) in [6.07, 6.45) is 3.83. The van der Waals surface area contributed by atoms with E-state index < -0.39 is 0 Å². The second-order valence-corrected chi connectivity index (χ2v) is 8.30. The largest absolute Gasteiger partial charge is 0.356 e. The van der Waals surface area contributed by atoms with E-state index in [1.165, 1.54) is 4.88 Å². The minimum Gasteiger partial charge on any atom is -0.356 e. The summed E-state index contributed by atoms with van der Waals surface area (Å²) in [6.45, 7) is 5.28. The molecule has 0 unspecified atom stereocenters. The number of aliphatic imine (C=N–C) groups is 1. The molecule has 1 saturated heterocycles. The van der Waals surface area contributed by atoms with Gasteiger partial charge in [-0.1, -0.05) is 30.7 Å². The van der Waals surface area contributed by atoms with E-state index in [9.17, 15) is 4.79 Å². The zero-order valence-corrected chi connectivity index (χ0v) is 17.9. The average Bonchev–Trinajstić information content (AvgIpc) is 3.16. The Morgan fingerprint density at radius 2 is 2.11 bits per heavy atom. The molecule has 1 aliphatic heterocycles. The van der Waals surface area contributed by atoms with Gasteiger partial charge >= 0.3 is 0 Å². The lowest BCUT2D eigenvalue weighted by atomic mass is 10.2. The van der Waals surface area contributed by atoms with E-state index in [0.717, 1.165) is 42.5 Å². The molecule has 2 aromatic rings. The van der Waals surface area contributed by atoms with Crippen molar-refractivity contribution in [3.8, 4) is 0 Å². The number of thiazole rings is 1. The maximum atomic E-state index is 12.6. The predicted molar refractivity (Wildman–Crippen MR) is 115 cm³/mol. The molecular formula is C20H26ClN5OS. The average molecular weight is 420 g/mol. The molecule has 0 bridgehead atoms. The van der Waals surface area contributed by atoms with E-state index in [4.69, 9.17) is 11.6 Å². The SMILES string of the molecule is CCc1cnc(CCNC(=NC)N2CCN(Cc3ccc(Cl)cc3)C(=O)C2)s1. The predicted octanol–water partition coefficient (Wildman–Crippen LogP) is 2.82. The Morgan fingerprint density at radius 1 is 1.32 bits per heavy atom. The zero-order valence-electron chi connectivity index (χ0n) is 16.3. The van der Waals surface area contributed by atoms with Crippen LogP contribution >= 0.6 is 22.9 Å². The summed E-state index contributed by atoms with van der Waals surface area (Å²) in [5.41, 5.74) is 1.09. The Morgan fingerprint density at radius 3 is 2.75 bits per heavy atom. The number of aryl methyl sites for hydroxylation is 1. The van der Waals surface area contributed by atoms with Crippen LogP contribution in [0.3, 0.4) is 0 Å². The third-order valence-corrected chi connectivity index (χ3v) is 6.14. The van der Waals surface area contributed by atoms with Gasteiger partial charge in [-0.15, -0.1) is 11.3 Å². The second-order valence-electron chi connectivity index (χ2n) is 6.66. The summed E-state index contributed by atoms with van der Waals surface area (Å²) < 4.78 is 0. The molecule has 0 radical (unpaired) electrons. The second kappa shape index (κ2) is 9.89. The highest BCUT2D eigenvalue weighted by Crippen LogP contribution is 2.15. The van der Waals surface area contributed by atoms with Gasteiger partial charge in [-0.05, 0) is 24.1 Å².